The zero-order valence-corrected chi connectivity index (χ0v) is 16.5. The number of carbonyl (C=O) groups excluding carboxylic acids is 1. The zero-order valence-electron chi connectivity index (χ0n) is 14.8. The van der Waals surface area contributed by atoms with Gasteiger partial charge in [-0.2, -0.15) is 4.31 Å². The molecule has 0 atom stereocenters. The van der Waals surface area contributed by atoms with Crippen LogP contribution in [-0.2, 0) is 14.8 Å². The third-order valence-electron chi connectivity index (χ3n) is 3.67. The van der Waals surface area contributed by atoms with E-state index in [0.29, 0.717) is 29.5 Å². The Bertz CT molecular complexity index is 877. The first-order chi connectivity index (χ1) is 12.3. The lowest BCUT2D eigenvalue weighted by Gasteiger charge is -2.20. The summed E-state index contributed by atoms with van der Waals surface area (Å²) in [5.74, 6) is 5.36. The summed E-state index contributed by atoms with van der Waals surface area (Å²) in [7, 11) is -3.60. The van der Waals surface area contributed by atoms with Crippen LogP contribution in [0, 0.1) is 6.92 Å². The SMILES string of the molecule is CCN(CC)S(=O)(=O)c1cc(NC(=O)CSc2nncn2N)ccc1C. The molecule has 0 radical (unpaired) electrons. The van der Waals surface area contributed by atoms with Gasteiger partial charge in [0.05, 0.1) is 10.6 Å². The van der Waals surface area contributed by atoms with Gasteiger partial charge in [0.2, 0.25) is 21.1 Å². The van der Waals surface area contributed by atoms with Gasteiger partial charge in [-0.05, 0) is 24.6 Å². The minimum Gasteiger partial charge on any atom is -0.336 e. The summed E-state index contributed by atoms with van der Waals surface area (Å²) in [6.07, 6.45) is 1.34. The van der Waals surface area contributed by atoms with Gasteiger partial charge in [0.25, 0.3) is 0 Å². The van der Waals surface area contributed by atoms with Crippen molar-refractivity contribution in [3.63, 3.8) is 0 Å². The number of nitrogen functional groups attached to an aromatic ring is 1. The molecule has 11 heteroatoms. The number of aromatic nitrogens is 3. The van der Waals surface area contributed by atoms with E-state index in [-0.39, 0.29) is 16.6 Å². The van der Waals surface area contributed by atoms with Crippen molar-refractivity contribution in [2.75, 3.05) is 30.0 Å². The van der Waals surface area contributed by atoms with Gasteiger partial charge in [-0.15, -0.1) is 10.2 Å². The summed E-state index contributed by atoms with van der Waals surface area (Å²) in [6, 6.07) is 4.83. The maximum atomic E-state index is 12.7. The smallest absolute Gasteiger partial charge is 0.243 e. The summed E-state index contributed by atoms with van der Waals surface area (Å²) in [5, 5.41) is 10.5. The van der Waals surface area contributed by atoms with Crippen LogP contribution in [0.25, 0.3) is 0 Å². The van der Waals surface area contributed by atoms with Gasteiger partial charge in [0, 0.05) is 18.8 Å². The number of amides is 1. The van der Waals surface area contributed by atoms with E-state index in [2.05, 4.69) is 15.5 Å². The number of sulfonamides is 1. The molecule has 0 aliphatic heterocycles. The van der Waals surface area contributed by atoms with Crippen LogP contribution in [0.3, 0.4) is 0 Å². The second-order valence-corrected chi connectivity index (χ2v) is 8.28. The van der Waals surface area contributed by atoms with E-state index in [4.69, 9.17) is 5.84 Å². The third kappa shape index (κ3) is 4.54. The van der Waals surface area contributed by atoms with E-state index in [1.807, 2.05) is 0 Å². The Morgan fingerprint density at radius 1 is 1.35 bits per heavy atom. The van der Waals surface area contributed by atoms with Crippen molar-refractivity contribution in [3.8, 4) is 0 Å². The molecular formula is C15H22N6O3S2. The highest BCUT2D eigenvalue weighted by molar-refractivity contribution is 7.99. The highest BCUT2D eigenvalue weighted by Crippen LogP contribution is 2.24. The number of nitrogens with one attached hydrogen (secondary N) is 1. The Hall–Kier alpha value is -2.11. The van der Waals surface area contributed by atoms with E-state index >= 15 is 0 Å². The topological polar surface area (TPSA) is 123 Å². The zero-order chi connectivity index (χ0) is 19.3. The lowest BCUT2D eigenvalue weighted by atomic mass is 10.2. The molecule has 0 aliphatic carbocycles. The van der Waals surface area contributed by atoms with Crippen molar-refractivity contribution >= 4 is 33.4 Å². The lowest BCUT2D eigenvalue weighted by molar-refractivity contribution is -0.113. The fourth-order valence-electron chi connectivity index (χ4n) is 2.32. The lowest BCUT2D eigenvalue weighted by Crippen LogP contribution is -2.31. The molecule has 0 fully saturated rings. The Balaban J connectivity index is 2.13. The first kappa shape index (κ1) is 20.2. The molecule has 2 rings (SSSR count). The number of nitrogens with two attached hydrogens (primary N) is 1. The van der Waals surface area contributed by atoms with E-state index in [9.17, 15) is 13.2 Å². The molecule has 0 aliphatic rings. The highest BCUT2D eigenvalue weighted by atomic mass is 32.2. The maximum absolute atomic E-state index is 12.7. The molecule has 3 N–H and O–H groups in total. The average Bonchev–Trinajstić information content (AvgIpc) is 3.00. The van der Waals surface area contributed by atoms with Crippen LogP contribution in [0.1, 0.15) is 19.4 Å². The molecule has 0 bridgehead atoms. The summed E-state index contributed by atoms with van der Waals surface area (Å²) < 4.78 is 28.1. The van der Waals surface area contributed by atoms with Gasteiger partial charge < -0.3 is 11.2 Å². The van der Waals surface area contributed by atoms with Crippen LogP contribution in [0.4, 0.5) is 5.69 Å². The molecule has 142 valence electrons. The van der Waals surface area contributed by atoms with E-state index in [0.717, 1.165) is 11.8 Å². The highest BCUT2D eigenvalue weighted by Gasteiger charge is 2.24. The number of aryl methyl sites for hydroxylation is 1. The van der Waals surface area contributed by atoms with Gasteiger partial charge in [-0.3, -0.25) is 4.79 Å². The Kier molecular flexibility index (Phi) is 6.62. The van der Waals surface area contributed by atoms with Crippen LogP contribution in [0.2, 0.25) is 0 Å². The predicted molar refractivity (Wildman–Crippen MR) is 101 cm³/mol. The van der Waals surface area contributed by atoms with Crippen LogP contribution in [0.5, 0.6) is 0 Å². The molecule has 1 aromatic carbocycles. The monoisotopic (exact) mass is 398 g/mol. The van der Waals surface area contributed by atoms with E-state index < -0.39 is 10.0 Å². The number of rotatable bonds is 8. The fourth-order valence-corrected chi connectivity index (χ4v) is 4.66. The molecule has 26 heavy (non-hydrogen) atoms. The largest absolute Gasteiger partial charge is 0.336 e. The standard InChI is InChI=1S/C15H22N6O3S2/c1-4-20(5-2)26(23,24)13-8-12(7-6-11(13)3)18-14(22)9-25-15-19-17-10-21(15)16/h6-8,10H,4-5,9,16H2,1-3H3,(H,18,22). The number of nitrogens with zero attached hydrogens (tertiary/aromatic N) is 4. The fraction of sp³-hybridized carbons (Fsp3) is 0.400. The van der Waals surface area contributed by atoms with Gasteiger partial charge in [0.1, 0.15) is 6.33 Å². The number of benzene rings is 1. The van der Waals surface area contributed by atoms with Crippen molar-refractivity contribution in [2.45, 2.75) is 30.8 Å². The Morgan fingerprint density at radius 3 is 2.62 bits per heavy atom. The van der Waals surface area contributed by atoms with Crippen molar-refractivity contribution in [2.24, 2.45) is 0 Å². The van der Waals surface area contributed by atoms with Gasteiger partial charge in [-0.25, -0.2) is 13.1 Å². The molecule has 0 unspecified atom stereocenters. The molecule has 0 saturated carbocycles. The molecule has 9 nitrogen and oxygen atoms in total. The number of anilines is 1. The molecule has 1 heterocycles. The van der Waals surface area contributed by atoms with E-state index in [1.165, 1.54) is 21.4 Å². The number of hydrogen-bond donors (Lipinski definition) is 2. The summed E-state index contributed by atoms with van der Waals surface area (Å²) in [5.41, 5.74) is 1.04. The Morgan fingerprint density at radius 2 is 2.04 bits per heavy atom. The minimum atomic E-state index is -3.60. The maximum Gasteiger partial charge on any atom is 0.243 e. The van der Waals surface area contributed by atoms with Gasteiger partial charge in [0.15, 0.2) is 0 Å². The number of thioether (sulfide) groups is 1. The molecule has 2 aromatic rings. The average molecular weight is 399 g/mol. The second-order valence-electron chi connectivity index (χ2n) is 5.43. The summed E-state index contributed by atoms with van der Waals surface area (Å²) in [6.45, 7) is 6.06. The first-order valence-electron chi connectivity index (χ1n) is 7.98. The normalized spacial score (nSPS) is 11.7. The number of hydrogen-bond acceptors (Lipinski definition) is 7. The van der Waals surface area contributed by atoms with Crippen LogP contribution < -0.4 is 11.2 Å². The van der Waals surface area contributed by atoms with Crippen molar-refractivity contribution in [1.29, 1.82) is 0 Å². The van der Waals surface area contributed by atoms with Crippen molar-refractivity contribution in [3.05, 3.63) is 30.1 Å². The molecule has 0 spiro atoms. The summed E-state index contributed by atoms with van der Waals surface area (Å²) >= 11 is 1.13. The number of carbonyl (C=O) groups is 1. The molecule has 0 saturated heterocycles. The predicted octanol–water partition coefficient (Wildman–Crippen LogP) is 1.06. The second kappa shape index (κ2) is 8.52. The third-order valence-corrected chi connectivity index (χ3v) is 6.82. The van der Waals surface area contributed by atoms with Crippen molar-refractivity contribution < 1.29 is 13.2 Å². The summed E-state index contributed by atoms with van der Waals surface area (Å²) in [4.78, 5) is 12.3. The quantitative estimate of drug-likeness (QED) is 0.503. The van der Waals surface area contributed by atoms with Gasteiger partial charge >= 0.3 is 0 Å². The minimum absolute atomic E-state index is 0.0713. The van der Waals surface area contributed by atoms with Crippen LogP contribution >= 0.6 is 11.8 Å². The first-order valence-corrected chi connectivity index (χ1v) is 10.4. The van der Waals surface area contributed by atoms with Crippen LogP contribution in [0.15, 0.2) is 34.6 Å². The molecular weight excluding hydrogens is 376 g/mol. The van der Waals surface area contributed by atoms with Gasteiger partial charge in [-0.1, -0.05) is 31.7 Å². The van der Waals surface area contributed by atoms with E-state index in [1.54, 1.807) is 32.9 Å². The molecule has 1 aromatic heterocycles. The Labute approximate surface area is 157 Å². The van der Waals surface area contributed by atoms with Crippen molar-refractivity contribution in [1.82, 2.24) is 19.2 Å². The molecule has 1 amide bonds. The van der Waals surface area contributed by atoms with Crippen LogP contribution in [-0.4, -0.2) is 52.3 Å².